The van der Waals surface area contributed by atoms with Crippen molar-refractivity contribution in [1.29, 1.82) is 0 Å². The second kappa shape index (κ2) is 19.3. The highest BCUT2D eigenvalue weighted by Crippen LogP contribution is 2.27. The zero-order valence-corrected chi connectivity index (χ0v) is 26.4. The van der Waals surface area contributed by atoms with E-state index in [9.17, 15) is 18.0 Å². The summed E-state index contributed by atoms with van der Waals surface area (Å²) >= 11 is 10.4. The predicted octanol–water partition coefficient (Wildman–Crippen LogP) is 7.09. The van der Waals surface area contributed by atoms with Crippen LogP contribution < -0.4 is 16.4 Å². The number of nitrogens with two attached hydrogens (primary N) is 2. The first-order valence-electron chi connectivity index (χ1n) is 13.1. The van der Waals surface area contributed by atoms with Gasteiger partial charge in [0, 0.05) is 36.5 Å². The highest BCUT2D eigenvalue weighted by molar-refractivity contribution is 7.84. The number of likely N-dealkylation sites (N-methyl/N-ethyl adjacent to an activating group) is 1. The maximum Gasteiger partial charge on any atom is 0.573 e. The lowest BCUT2D eigenvalue weighted by molar-refractivity contribution is -0.303. The molecule has 1 amide bonds. The SMILES string of the molecule is C/C(S)=C\N=C1N(c2cc(C)cc(Cl)c2)CC(C)N1C.CCC.C[C@H](N)C(N)=O.FC(F)(F)OC1=CCC=CC=C1. The molecule has 1 heterocycles. The molecule has 0 aromatic heterocycles. The molecule has 2 aliphatic rings. The molecule has 1 aliphatic carbocycles. The highest BCUT2D eigenvalue weighted by atomic mass is 35.5. The summed E-state index contributed by atoms with van der Waals surface area (Å²) in [5, 5.41) is 0.752. The molecule has 2 atom stereocenters. The van der Waals surface area contributed by atoms with Crippen molar-refractivity contribution in [1.82, 2.24) is 4.90 Å². The standard InChI is InChI=1S/C15H20ClN3S.C8H7F3O.C3H8N2O.C3H8/c1-10-5-13(16)7-14(6-10)19-9-11(2)18(4)15(19)17-8-12(3)20;9-8(10,11)12-7-5-3-1-2-4-6-7;1-2(4)3(5)6;1-3-2/h5-8,11,20H,9H2,1-4H3;1-3,5-6H,4H2;2H,4H2,1H3,(H2,5,6);3H2,1-2H3/b12-8+,17-15?;;;/t;;2-;/m..0./s1. The minimum Gasteiger partial charge on any atom is -0.406 e. The van der Waals surface area contributed by atoms with Crippen LogP contribution in [-0.2, 0) is 9.53 Å². The molecule has 1 saturated heterocycles. The maximum atomic E-state index is 11.7. The van der Waals surface area contributed by atoms with E-state index in [4.69, 9.17) is 17.3 Å². The van der Waals surface area contributed by atoms with Gasteiger partial charge in [0.15, 0.2) is 0 Å². The molecule has 1 aromatic rings. The average Bonchev–Trinajstić information content (AvgIpc) is 2.98. The summed E-state index contributed by atoms with van der Waals surface area (Å²) < 4.78 is 38.7. The third kappa shape index (κ3) is 16.8. The number of alkyl halides is 3. The molecule has 1 unspecified atom stereocenters. The number of nitrogens with zero attached hydrogens (tertiary/aromatic N) is 3. The largest absolute Gasteiger partial charge is 0.573 e. The number of allylic oxidation sites excluding steroid dienone is 6. The van der Waals surface area contributed by atoms with Gasteiger partial charge in [-0.25, -0.2) is 4.99 Å². The summed E-state index contributed by atoms with van der Waals surface area (Å²) in [6, 6.07) is 5.97. The molecular formula is C29H43ClF3N5O2S. The maximum absolute atomic E-state index is 11.7. The fourth-order valence-electron chi connectivity index (χ4n) is 3.03. The van der Waals surface area contributed by atoms with Crippen molar-refractivity contribution in [3.8, 4) is 0 Å². The number of amides is 1. The van der Waals surface area contributed by atoms with E-state index in [1.807, 2.05) is 26.0 Å². The Bertz CT molecular complexity index is 1090. The van der Waals surface area contributed by atoms with Gasteiger partial charge in [-0.15, -0.1) is 25.8 Å². The van der Waals surface area contributed by atoms with Crippen molar-refractivity contribution in [2.45, 2.75) is 72.8 Å². The molecule has 41 heavy (non-hydrogen) atoms. The molecule has 7 nitrogen and oxygen atoms in total. The molecule has 3 rings (SSSR count). The zero-order chi connectivity index (χ0) is 31.8. The van der Waals surface area contributed by atoms with Gasteiger partial charge in [0.1, 0.15) is 5.76 Å². The quantitative estimate of drug-likeness (QED) is 0.313. The zero-order valence-electron chi connectivity index (χ0n) is 24.7. The monoisotopic (exact) mass is 617 g/mol. The summed E-state index contributed by atoms with van der Waals surface area (Å²) in [5.41, 5.74) is 11.9. The summed E-state index contributed by atoms with van der Waals surface area (Å²) in [6.07, 6.45) is 6.44. The second-order valence-electron chi connectivity index (χ2n) is 9.33. The van der Waals surface area contributed by atoms with E-state index in [1.54, 1.807) is 25.3 Å². The number of carbonyl (C=O) groups excluding carboxylic acids is 1. The van der Waals surface area contributed by atoms with Crippen molar-refractivity contribution in [3.05, 3.63) is 76.0 Å². The van der Waals surface area contributed by atoms with Crippen LogP contribution in [0.1, 0.15) is 53.0 Å². The van der Waals surface area contributed by atoms with E-state index in [1.165, 1.54) is 24.6 Å². The minimum atomic E-state index is -4.60. The van der Waals surface area contributed by atoms with E-state index < -0.39 is 18.3 Å². The normalized spacial score (nSPS) is 18.2. The van der Waals surface area contributed by atoms with Crippen LogP contribution in [-0.4, -0.2) is 48.8 Å². The summed E-state index contributed by atoms with van der Waals surface area (Å²) in [7, 11) is 2.06. The Hall–Kier alpha value is -2.89. The van der Waals surface area contributed by atoms with Gasteiger partial charge in [-0.2, -0.15) is 0 Å². The number of hydrogen-bond donors (Lipinski definition) is 3. The van der Waals surface area contributed by atoms with Gasteiger partial charge in [-0.3, -0.25) is 4.79 Å². The van der Waals surface area contributed by atoms with Crippen LogP contribution >= 0.6 is 24.2 Å². The molecule has 4 N–H and O–H groups in total. The van der Waals surface area contributed by atoms with Crippen LogP contribution in [0.3, 0.4) is 0 Å². The van der Waals surface area contributed by atoms with Crippen LogP contribution in [0.4, 0.5) is 18.9 Å². The van der Waals surface area contributed by atoms with Gasteiger partial charge in [0.2, 0.25) is 11.9 Å². The number of aryl methyl sites for hydroxylation is 1. The van der Waals surface area contributed by atoms with Crippen molar-refractivity contribution < 1.29 is 22.7 Å². The van der Waals surface area contributed by atoms with Crippen molar-refractivity contribution >= 4 is 41.8 Å². The fraction of sp³-hybridized carbons (Fsp3) is 0.448. The Morgan fingerprint density at radius 2 is 1.88 bits per heavy atom. The van der Waals surface area contributed by atoms with Gasteiger partial charge in [-0.05, 0) is 74.9 Å². The molecule has 0 radical (unpaired) electrons. The Balaban J connectivity index is 0.000000644. The van der Waals surface area contributed by atoms with Gasteiger partial charge in [0.25, 0.3) is 0 Å². The van der Waals surface area contributed by atoms with E-state index >= 15 is 0 Å². The number of carbonyl (C=O) groups is 1. The number of primary amides is 1. The van der Waals surface area contributed by atoms with E-state index in [0.29, 0.717) is 12.5 Å². The van der Waals surface area contributed by atoms with Crippen LogP contribution in [0.5, 0.6) is 0 Å². The molecule has 0 saturated carbocycles. The number of halogens is 4. The average molecular weight is 618 g/mol. The fourth-order valence-corrected chi connectivity index (χ4v) is 3.37. The number of hydrogen-bond acceptors (Lipinski definition) is 5. The first-order valence-corrected chi connectivity index (χ1v) is 13.9. The van der Waals surface area contributed by atoms with E-state index in [0.717, 1.165) is 33.7 Å². The Kier molecular flexibility index (Phi) is 17.9. The van der Waals surface area contributed by atoms with Crippen LogP contribution in [0.25, 0.3) is 0 Å². The van der Waals surface area contributed by atoms with Gasteiger partial charge < -0.3 is 26.0 Å². The molecule has 12 heteroatoms. The van der Waals surface area contributed by atoms with E-state index in [2.05, 4.69) is 71.8 Å². The van der Waals surface area contributed by atoms with Gasteiger partial charge in [0.05, 0.1) is 6.04 Å². The highest BCUT2D eigenvalue weighted by Gasteiger charge is 2.32. The molecule has 0 spiro atoms. The molecule has 1 aromatic carbocycles. The lowest BCUT2D eigenvalue weighted by atomic mass is 10.2. The Labute approximate surface area is 252 Å². The third-order valence-electron chi connectivity index (χ3n) is 5.02. The van der Waals surface area contributed by atoms with Crippen molar-refractivity contribution in [2.75, 3.05) is 18.5 Å². The summed E-state index contributed by atoms with van der Waals surface area (Å²) in [6.45, 7) is 12.8. The molecule has 1 fully saturated rings. The lowest BCUT2D eigenvalue weighted by Gasteiger charge is -2.21. The number of anilines is 1. The Morgan fingerprint density at radius 3 is 2.37 bits per heavy atom. The topological polar surface area (TPSA) is 97.2 Å². The molecule has 1 aliphatic heterocycles. The smallest absolute Gasteiger partial charge is 0.406 e. The molecule has 230 valence electrons. The molecule has 0 bridgehead atoms. The number of ether oxygens (including phenoxy) is 1. The van der Waals surface area contributed by atoms with Gasteiger partial charge in [-0.1, -0.05) is 50.1 Å². The summed E-state index contributed by atoms with van der Waals surface area (Å²) in [4.78, 5) is 19.6. The third-order valence-corrected chi connectivity index (χ3v) is 5.35. The van der Waals surface area contributed by atoms with E-state index in [-0.39, 0.29) is 5.76 Å². The van der Waals surface area contributed by atoms with Crippen LogP contribution in [0.2, 0.25) is 5.02 Å². The number of benzene rings is 1. The first kappa shape index (κ1) is 38.1. The minimum absolute atomic E-state index is 0.160. The second-order valence-corrected chi connectivity index (χ2v) is 10.5. The van der Waals surface area contributed by atoms with Gasteiger partial charge >= 0.3 is 6.36 Å². The van der Waals surface area contributed by atoms with Crippen molar-refractivity contribution in [2.24, 2.45) is 16.5 Å². The number of rotatable bonds is 4. The summed E-state index contributed by atoms with van der Waals surface area (Å²) in [5.74, 6) is 0.301. The first-order chi connectivity index (χ1) is 19.0. The predicted molar refractivity (Wildman–Crippen MR) is 168 cm³/mol. The number of thiol groups is 1. The molecular weight excluding hydrogens is 575 g/mol. The van der Waals surface area contributed by atoms with Crippen LogP contribution in [0, 0.1) is 6.92 Å². The number of aliphatic imine (C=N–C) groups is 1. The lowest BCUT2D eigenvalue weighted by Crippen LogP contribution is -2.32. The van der Waals surface area contributed by atoms with Crippen LogP contribution in [0.15, 0.2) is 70.4 Å². The Morgan fingerprint density at radius 1 is 1.29 bits per heavy atom. The van der Waals surface area contributed by atoms with Crippen molar-refractivity contribution in [3.63, 3.8) is 0 Å². The number of guanidine groups is 1.